The first-order chi connectivity index (χ1) is 5.24. The Morgan fingerprint density at radius 2 is 1.91 bits per heavy atom. The molecule has 0 radical (unpaired) electrons. The summed E-state index contributed by atoms with van der Waals surface area (Å²) in [6, 6.07) is 7.16. The SMILES string of the molecule is O[C@@H](CBr)c1ccc(Cl)cc1. The van der Waals surface area contributed by atoms with Crippen LogP contribution in [0.15, 0.2) is 24.3 Å². The average molecular weight is 236 g/mol. The van der Waals surface area contributed by atoms with E-state index >= 15 is 0 Å². The fraction of sp³-hybridized carbons (Fsp3) is 0.250. The molecule has 1 aromatic rings. The van der Waals surface area contributed by atoms with Gasteiger partial charge in [-0.3, -0.25) is 0 Å². The summed E-state index contributed by atoms with van der Waals surface area (Å²) in [5.74, 6) is 0. The van der Waals surface area contributed by atoms with Crippen LogP contribution in [0.2, 0.25) is 5.02 Å². The predicted molar refractivity (Wildman–Crippen MR) is 50.2 cm³/mol. The van der Waals surface area contributed by atoms with Crippen molar-refractivity contribution < 1.29 is 5.11 Å². The fourth-order valence-corrected chi connectivity index (χ4v) is 1.27. The van der Waals surface area contributed by atoms with E-state index in [2.05, 4.69) is 15.9 Å². The van der Waals surface area contributed by atoms with E-state index in [1.807, 2.05) is 12.1 Å². The predicted octanol–water partition coefficient (Wildman–Crippen LogP) is 2.77. The number of rotatable bonds is 2. The molecule has 0 aromatic heterocycles. The number of alkyl halides is 1. The highest BCUT2D eigenvalue weighted by Gasteiger charge is 2.03. The van der Waals surface area contributed by atoms with Crippen molar-refractivity contribution in [2.45, 2.75) is 6.10 Å². The number of halogens is 2. The Morgan fingerprint density at radius 3 is 2.36 bits per heavy atom. The van der Waals surface area contributed by atoms with Crippen LogP contribution >= 0.6 is 27.5 Å². The fourth-order valence-electron chi connectivity index (χ4n) is 0.774. The van der Waals surface area contributed by atoms with Gasteiger partial charge in [-0.1, -0.05) is 39.7 Å². The second-order valence-corrected chi connectivity index (χ2v) is 3.31. The van der Waals surface area contributed by atoms with Gasteiger partial charge in [-0.2, -0.15) is 0 Å². The van der Waals surface area contributed by atoms with Gasteiger partial charge in [-0.05, 0) is 17.7 Å². The van der Waals surface area contributed by atoms with Crippen LogP contribution in [0.3, 0.4) is 0 Å². The Kier molecular flexibility index (Phi) is 3.37. The maximum Gasteiger partial charge on any atom is 0.0886 e. The largest absolute Gasteiger partial charge is 0.388 e. The molecule has 0 aliphatic carbocycles. The molecule has 0 saturated heterocycles. The van der Waals surface area contributed by atoms with Crippen molar-refractivity contribution in [3.05, 3.63) is 34.9 Å². The monoisotopic (exact) mass is 234 g/mol. The number of benzene rings is 1. The van der Waals surface area contributed by atoms with Gasteiger partial charge >= 0.3 is 0 Å². The van der Waals surface area contributed by atoms with Gasteiger partial charge in [0.1, 0.15) is 0 Å². The second kappa shape index (κ2) is 4.10. The molecule has 0 unspecified atom stereocenters. The summed E-state index contributed by atoms with van der Waals surface area (Å²) < 4.78 is 0. The minimum Gasteiger partial charge on any atom is -0.388 e. The molecular weight excluding hydrogens is 227 g/mol. The maximum absolute atomic E-state index is 9.33. The molecule has 1 atom stereocenters. The highest BCUT2D eigenvalue weighted by molar-refractivity contribution is 9.09. The lowest BCUT2D eigenvalue weighted by Crippen LogP contribution is -1.96. The normalized spacial score (nSPS) is 13.0. The molecule has 0 heterocycles. The zero-order chi connectivity index (χ0) is 8.27. The summed E-state index contributed by atoms with van der Waals surface area (Å²) >= 11 is 8.85. The standard InChI is InChI=1S/C8H8BrClO/c9-5-8(11)6-1-3-7(10)4-2-6/h1-4,8,11H,5H2/t8-/m0/s1. The Balaban J connectivity index is 2.81. The van der Waals surface area contributed by atoms with E-state index in [-0.39, 0.29) is 0 Å². The Hall–Kier alpha value is -0.0500. The molecule has 0 bridgehead atoms. The Morgan fingerprint density at radius 1 is 1.36 bits per heavy atom. The summed E-state index contributed by atoms with van der Waals surface area (Å²) in [4.78, 5) is 0. The Labute approximate surface area is 79.1 Å². The first kappa shape index (κ1) is 9.04. The van der Waals surface area contributed by atoms with Crippen molar-refractivity contribution in [3.8, 4) is 0 Å². The van der Waals surface area contributed by atoms with Crippen molar-refractivity contribution in [3.63, 3.8) is 0 Å². The van der Waals surface area contributed by atoms with Crippen LogP contribution < -0.4 is 0 Å². The molecule has 1 aromatic carbocycles. The minimum absolute atomic E-state index is 0.438. The third kappa shape index (κ3) is 2.47. The van der Waals surface area contributed by atoms with E-state index in [0.717, 1.165) is 5.56 Å². The van der Waals surface area contributed by atoms with Crippen molar-refractivity contribution >= 4 is 27.5 Å². The molecular formula is C8H8BrClO. The molecule has 1 rings (SSSR count). The number of hydrogen-bond donors (Lipinski definition) is 1. The summed E-state index contributed by atoms with van der Waals surface area (Å²) in [6.07, 6.45) is -0.438. The molecule has 60 valence electrons. The molecule has 0 fully saturated rings. The van der Waals surface area contributed by atoms with Crippen molar-refractivity contribution in [2.75, 3.05) is 5.33 Å². The highest BCUT2D eigenvalue weighted by atomic mass is 79.9. The quantitative estimate of drug-likeness (QED) is 0.782. The zero-order valence-electron chi connectivity index (χ0n) is 5.80. The summed E-state index contributed by atoms with van der Waals surface area (Å²) in [7, 11) is 0. The van der Waals surface area contributed by atoms with E-state index < -0.39 is 6.10 Å². The van der Waals surface area contributed by atoms with Gasteiger partial charge < -0.3 is 5.11 Å². The average Bonchev–Trinajstić information content (AvgIpc) is 2.05. The third-order valence-corrected chi connectivity index (χ3v) is 2.27. The first-order valence-electron chi connectivity index (χ1n) is 3.23. The van der Waals surface area contributed by atoms with E-state index in [9.17, 15) is 5.11 Å². The summed E-state index contributed by atoms with van der Waals surface area (Å²) in [5, 5.41) is 10.6. The van der Waals surface area contributed by atoms with Crippen LogP contribution in [-0.4, -0.2) is 10.4 Å². The Bertz CT molecular complexity index is 222. The van der Waals surface area contributed by atoms with Gasteiger partial charge in [0.05, 0.1) is 6.10 Å². The number of aliphatic hydroxyl groups excluding tert-OH is 1. The second-order valence-electron chi connectivity index (χ2n) is 2.22. The summed E-state index contributed by atoms with van der Waals surface area (Å²) in [5.41, 5.74) is 0.881. The van der Waals surface area contributed by atoms with E-state index in [4.69, 9.17) is 11.6 Å². The van der Waals surface area contributed by atoms with E-state index in [1.165, 1.54) is 0 Å². The molecule has 1 N–H and O–H groups in total. The van der Waals surface area contributed by atoms with Gasteiger partial charge in [-0.15, -0.1) is 0 Å². The van der Waals surface area contributed by atoms with Crippen LogP contribution in [0.1, 0.15) is 11.7 Å². The molecule has 1 nitrogen and oxygen atoms in total. The number of aliphatic hydroxyl groups is 1. The lowest BCUT2D eigenvalue weighted by Gasteiger charge is -2.05. The molecule has 3 heteroatoms. The third-order valence-electron chi connectivity index (χ3n) is 1.40. The van der Waals surface area contributed by atoms with Crippen molar-refractivity contribution in [1.29, 1.82) is 0 Å². The van der Waals surface area contributed by atoms with Crippen LogP contribution in [0.4, 0.5) is 0 Å². The minimum atomic E-state index is -0.438. The van der Waals surface area contributed by atoms with Gasteiger partial charge in [0.15, 0.2) is 0 Å². The van der Waals surface area contributed by atoms with Crippen LogP contribution in [0.5, 0.6) is 0 Å². The van der Waals surface area contributed by atoms with Gasteiger partial charge in [0.25, 0.3) is 0 Å². The highest BCUT2D eigenvalue weighted by Crippen LogP contribution is 2.17. The first-order valence-corrected chi connectivity index (χ1v) is 4.73. The molecule has 11 heavy (non-hydrogen) atoms. The van der Waals surface area contributed by atoms with Crippen molar-refractivity contribution in [2.24, 2.45) is 0 Å². The van der Waals surface area contributed by atoms with Crippen LogP contribution in [-0.2, 0) is 0 Å². The van der Waals surface area contributed by atoms with Gasteiger partial charge in [0, 0.05) is 10.4 Å². The topological polar surface area (TPSA) is 20.2 Å². The lowest BCUT2D eigenvalue weighted by atomic mass is 10.1. The molecule has 0 amide bonds. The molecule has 0 aliphatic rings. The number of hydrogen-bond acceptors (Lipinski definition) is 1. The molecule has 0 saturated carbocycles. The molecule has 0 spiro atoms. The zero-order valence-corrected chi connectivity index (χ0v) is 8.14. The van der Waals surface area contributed by atoms with Gasteiger partial charge in [0.2, 0.25) is 0 Å². The van der Waals surface area contributed by atoms with E-state index in [1.54, 1.807) is 12.1 Å². The van der Waals surface area contributed by atoms with Gasteiger partial charge in [-0.25, -0.2) is 0 Å². The van der Waals surface area contributed by atoms with Crippen LogP contribution in [0, 0.1) is 0 Å². The smallest absolute Gasteiger partial charge is 0.0886 e. The maximum atomic E-state index is 9.33. The van der Waals surface area contributed by atoms with Crippen LogP contribution in [0.25, 0.3) is 0 Å². The lowest BCUT2D eigenvalue weighted by molar-refractivity contribution is 0.205. The summed E-state index contributed by atoms with van der Waals surface area (Å²) in [6.45, 7) is 0. The molecule has 0 aliphatic heterocycles. The van der Waals surface area contributed by atoms with Crippen molar-refractivity contribution in [1.82, 2.24) is 0 Å². The van der Waals surface area contributed by atoms with E-state index in [0.29, 0.717) is 10.4 Å².